The maximum Gasteiger partial charge on any atom is 0.227 e. The number of ether oxygens (including phenoxy) is 1. The number of fused-ring (bicyclic) bond motifs is 1. The number of nitrogens with zero attached hydrogens (tertiary/aromatic N) is 9. The highest BCUT2D eigenvalue weighted by Crippen LogP contribution is 2.39. The number of hydrogen-bond donors (Lipinski definition) is 5. The van der Waals surface area contributed by atoms with Gasteiger partial charge >= 0.3 is 0 Å². The quantitative estimate of drug-likeness (QED) is 0.161. The second-order valence-corrected chi connectivity index (χ2v) is 9.93. The predicted octanol–water partition coefficient (Wildman–Crippen LogP) is -0.403. The molecular formula is C25H33N11O4. The average molecular weight is 552 g/mol. The summed E-state index contributed by atoms with van der Waals surface area (Å²) in [6, 6.07) is 10.1. The van der Waals surface area contributed by atoms with E-state index in [1.165, 1.54) is 11.1 Å². The van der Waals surface area contributed by atoms with E-state index in [0.29, 0.717) is 42.4 Å². The Morgan fingerprint density at radius 2 is 2.02 bits per heavy atom. The van der Waals surface area contributed by atoms with Gasteiger partial charge in [0.05, 0.1) is 12.9 Å². The van der Waals surface area contributed by atoms with Gasteiger partial charge < -0.3 is 35.6 Å². The first-order valence-corrected chi connectivity index (χ1v) is 13.5. The number of nitrogens with one attached hydrogen (secondary N) is 2. The van der Waals surface area contributed by atoms with Crippen molar-refractivity contribution in [2.75, 3.05) is 36.6 Å². The largest absolute Gasteiger partial charge is 0.387 e. The number of anilines is 2. The van der Waals surface area contributed by atoms with Crippen molar-refractivity contribution >= 4 is 22.9 Å². The molecule has 6 rings (SSSR count). The summed E-state index contributed by atoms with van der Waals surface area (Å²) < 4.78 is 7.65. The lowest BCUT2D eigenvalue weighted by Gasteiger charge is -2.23. The highest BCUT2D eigenvalue weighted by atomic mass is 16.6. The van der Waals surface area contributed by atoms with Crippen molar-refractivity contribution < 1.29 is 20.1 Å². The number of hydrogen-bond acceptors (Lipinski definition) is 13. The lowest BCUT2D eigenvalue weighted by atomic mass is 10.1. The standard InChI is InChI=1S/C25H33N11O4/c1-2-36-32-21(31-33-36)20-18(38)19(39)24(40-20)35-13-27-17-22(34(14-37)11-9-15-6-4-3-5-7-15)29-25(30-23(17)35)28-16-8-10-26-12-16/h3-7,13,16,18-20,24,26,37-39H,2,8-12,14H2,1H3,(H,28,29,30)/t16?,18-,19+,20-,24+/m0/s1. The lowest BCUT2D eigenvalue weighted by molar-refractivity contribution is -0.0384. The second-order valence-electron chi connectivity index (χ2n) is 9.93. The number of benzene rings is 1. The molecule has 15 heteroatoms. The average Bonchev–Trinajstić information content (AvgIpc) is 3.78. The van der Waals surface area contributed by atoms with Crippen molar-refractivity contribution in [2.24, 2.45) is 0 Å². The molecule has 0 bridgehead atoms. The fraction of sp³-hybridized carbons (Fsp3) is 0.520. The van der Waals surface area contributed by atoms with Crippen molar-refractivity contribution in [2.45, 2.75) is 56.9 Å². The third-order valence-electron chi connectivity index (χ3n) is 7.30. The summed E-state index contributed by atoms with van der Waals surface area (Å²) in [6.45, 7) is 4.25. The van der Waals surface area contributed by atoms with E-state index in [4.69, 9.17) is 14.7 Å². The van der Waals surface area contributed by atoms with E-state index < -0.39 is 24.5 Å². The first-order chi connectivity index (χ1) is 19.6. The molecule has 15 nitrogen and oxygen atoms in total. The third-order valence-corrected chi connectivity index (χ3v) is 7.30. The smallest absolute Gasteiger partial charge is 0.227 e. The number of rotatable bonds is 10. The number of tetrazole rings is 1. The lowest BCUT2D eigenvalue weighted by Crippen LogP contribution is -2.30. The second kappa shape index (κ2) is 11.4. The van der Waals surface area contributed by atoms with Gasteiger partial charge in [-0.1, -0.05) is 30.3 Å². The Morgan fingerprint density at radius 3 is 2.75 bits per heavy atom. The summed E-state index contributed by atoms with van der Waals surface area (Å²) in [7, 11) is 0. The van der Waals surface area contributed by atoms with Crippen molar-refractivity contribution in [3.05, 3.63) is 48.0 Å². The zero-order valence-electron chi connectivity index (χ0n) is 22.1. The molecule has 0 amide bonds. The Hall–Kier alpha value is -3.76. The summed E-state index contributed by atoms with van der Waals surface area (Å²) in [5.74, 6) is 1.00. The zero-order valence-corrected chi connectivity index (χ0v) is 22.1. The summed E-state index contributed by atoms with van der Waals surface area (Å²) in [4.78, 5) is 17.2. The highest BCUT2D eigenvalue weighted by molar-refractivity contribution is 5.85. The van der Waals surface area contributed by atoms with Crippen molar-refractivity contribution in [3.63, 3.8) is 0 Å². The van der Waals surface area contributed by atoms with Crippen LogP contribution in [0, 0.1) is 0 Å². The van der Waals surface area contributed by atoms with Crippen molar-refractivity contribution in [3.8, 4) is 0 Å². The number of imidazole rings is 1. The van der Waals surface area contributed by atoms with E-state index in [1.807, 2.05) is 37.3 Å². The maximum absolute atomic E-state index is 11.0. The SMILES string of the molecule is CCn1nnc([C@H]2O[C@@H](n3cnc4c(N(CO)CCc5ccccc5)nc(NC5CCNC5)nc43)[C@H](O)[C@@H]2O)n1. The molecule has 2 fully saturated rings. The van der Waals surface area contributed by atoms with Crippen LogP contribution in [-0.2, 0) is 17.7 Å². The van der Waals surface area contributed by atoms with Crippen LogP contribution in [0.3, 0.4) is 0 Å². The Morgan fingerprint density at radius 1 is 1.18 bits per heavy atom. The van der Waals surface area contributed by atoms with Gasteiger partial charge in [0.25, 0.3) is 0 Å². The zero-order chi connectivity index (χ0) is 27.6. The predicted molar refractivity (Wildman–Crippen MR) is 143 cm³/mol. The van der Waals surface area contributed by atoms with E-state index in [-0.39, 0.29) is 18.6 Å². The molecule has 5 atom stereocenters. The molecule has 1 unspecified atom stereocenters. The van der Waals surface area contributed by atoms with Gasteiger partial charge in [-0.2, -0.15) is 14.8 Å². The van der Waals surface area contributed by atoms with Crippen LogP contribution >= 0.6 is 0 Å². The Kier molecular flexibility index (Phi) is 7.53. The molecule has 1 aromatic carbocycles. The normalized spacial score (nSPS) is 24.6. The minimum absolute atomic E-state index is 0.139. The van der Waals surface area contributed by atoms with Gasteiger partial charge in [0.15, 0.2) is 29.3 Å². The van der Waals surface area contributed by atoms with Gasteiger partial charge in [-0.3, -0.25) is 4.57 Å². The minimum atomic E-state index is -1.31. The van der Waals surface area contributed by atoms with Gasteiger partial charge in [-0.25, -0.2) is 4.98 Å². The number of aryl methyl sites for hydroxylation is 1. The molecule has 0 radical (unpaired) electrons. The van der Waals surface area contributed by atoms with Crippen molar-refractivity contribution in [1.82, 2.24) is 45.0 Å². The molecule has 4 aromatic rings. The van der Waals surface area contributed by atoms with Crippen LogP contribution in [-0.4, -0.2) is 99.7 Å². The topological polar surface area (TPSA) is 184 Å². The first-order valence-electron chi connectivity index (χ1n) is 13.5. The molecule has 2 saturated heterocycles. The van der Waals surface area contributed by atoms with Crippen LogP contribution in [0.5, 0.6) is 0 Å². The van der Waals surface area contributed by atoms with Gasteiger partial charge in [0.1, 0.15) is 18.9 Å². The number of aliphatic hydroxyl groups excluding tert-OH is 3. The van der Waals surface area contributed by atoms with Gasteiger partial charge in [-0.15, -0.1) is 10.2 Å². The van der Waals surface area contributed by atoms with E-state index in [0.717, 1.165) is 25.1 Å². The van der Waals surface area contributed by atoms with Gasteiger partial charge in [0.2, 0.25) is 11.8 Å². The molecule has 5 N–H and O–H groups in total. The van der Waals surface area contributed by atoms with Gasteiger partial charge in [0, 0.05) is 19.1 Å². The highest BCUT2D eigenvalue weighted by Gasteiger charge is 2.47. The fourth-order valence-electron chi connectivity index (χ4n) is 5.09. The Balaban J connectivity index is 1.35. The number of aromatic nitrogens is 8. The minimum Gasteiger partial charge on any atom is -0.387 e. The molecule has 0 saturated carbocycles. The third kappa shape index (κ3) is 5.09. The van der Waals surface area contributed by atoms with Gasteiger partial charge in [-0.05, 0) is 37.1 Å². The van der Waals surface area contributed by atoms with E-state index in [1.54, 1.807) is 9.47 Å². The molecule has 2 aliphatic heterocycles. The van der Waals surface area contributed by atoms with Crippen molar-refractivity contribution in [1.29, 1.82) is 0 Å². The molecule has 0 spiro atoms. The van der Waals surface area contributed by atoms with Crippen LogP contribution in [0.15, 0.2) is 36.7 Å². The number of aliphatic hydroxyl groups is 3. The summed E-state index contributed by atoms with van der Waals surface area (Å²) in [6.07, 6.45) is -1.51. The molecule has 2 aliphatic rings. The van der Waals surface area contributed by atoms with Crippen LogP contribution in [0.1, 0.15) is 37.1 Å². The molecule has 0 aliphatic carbocycles. The first kappa shape index (κ1) is 26.5. The summed E-state index contributed by atoms with van der Waals surface area (Å²) in [5, 5.41) is 51.0. The fourth-order valence-corrected chi connectivity index (χ4v) is 5.09. The Labute approximate surface area is 229 Å². The van der Waals surface area contributed by atoms with Crippen LogP contribution < -0.4 is 15.5 Å². The van der Waals surface area contributed by atoms with E-state index >= 15 is 0 Å². The molecule has 3 aromatic heterocycles. The van der Waals surface area contributed by atoms with E-state index in [2.05, 4.69) is 31.0 Å². The molecule has 5 heterocycles. The Bertz CT molecular complexity index is 1420. The summed E-state index contributed by atoms with van der Waals surface area (Å²) >= 11 is 0. The maximum atomic E-state index is 11.0. The van der Waals surface area contributed by atoms with Crippen LogP contribution in [0.2, 0.25) is 0 Å². The van der Waals surface area contributed by atoms with E-state index in [9.17, 15) is 15.3 Å². The monoisotopic (exact) mass is 551 g/mol. The van der Waals surface area contributed by atoms with Crippen LogP contribution in [0.4, 0.5) is 11.8 Å². The summed E-state index contributed by atoms with van der Waals surface area (Å²) in [5.41, 5.74) is 1.95. The molecule has 40 heavy (non-hydrogen) atoms. The van der Waals surface area contributed by atoms with Crippen LogP contribution in [0.25, 0.3) is 11.2 Å². The molecular weight excluding hydrogens is 518 g/mol. The molecule has 212 valence electrons.